The lowest BCUT2D eigenvalue weighted by Crippen LogP contribution is -2.25. The third kappa shape index (κ3) is 4.48. The second kappa shape index (κ2) is 7.32. The molecule has 0 aromatic heterocycles. The van der Waals surface area contributed by atoms with Gasteiger partial charge >= 0.3 is 0 Å². The van der Waals surface area contributed by atoms with Gasteiger partial charge in [0.2, 0.25) is 5.91 Å². The van der Waals surface area contributed by atoms with Gasteiger partial charge in [0.15, 0.2) is 0 Å². The van der Waals surface area contributed by atoms with E-state index in [-0.39, 0.29) is 24.2 Å². The second-order valence-corrected chi connectivity index (χ2v) is 5.34. The second-order valence-electron chi connectivity index (χ2n) is 5.34. The van der Waals surface area contributed by atoms with Gasteiger partial charge in [-0.2, -0.15) is 5.26 Å². The van der Waals surface area contributed by atoms with Gasteiger partial charge in [0.05, 0.1) is 24.2 Å². The first kappa shape index (κ1) is 16.4. The molecule has 0 saturated carbocycles. The van der Waals surface area contributed by atoms with E-state index in [1.807, 2.05) is 6.92 Å². The van der Waals surface area contributed by atoms with Gasteiger partial charge in [-0.05, 0) is 55.0 Å². The molecule has 0 saturated heterocycles. The van der Waals surface area contributed by atoms with Crippen molar-refractivity contribution in [2.24, 2.45) is 5.92 Å². The number of anilines is 1. The molecule has 2 aromatic rings. The highest BCUT2D eigenvalue weighted by Gasteiger charge is 2.14. The van der Waals surface area contributed by atoms with Crippen LogP contribution in [0.15, 0.2) is 42.5 Å². The summed E-state index contributed by atoms with van der Waals surface area (Å²) >= 11 is 0. The Morgan fingerprint density at radius 3 is 2.61 bits per heavy atom. The molecule has 0 aliphatic carbocycles. The van der Waals surface area contributed by atoms with Crippen LogP contribution in [-0.2, 0) is 4.79 Å². The Labute approximate surface area is 135 Å². The summed E-state index contributed by atoms with van der Waals surface area (Å²) in [6, 6.07) is 13.6. The highest BCUT2D eigenvalue weighted by Crippen LogP contribution is 2.18. The Morgan fingerprint density at radius 2 is 2.00 bits per heavy atom. The van der Waals surface area contributed by atoms with Gasteiger partial charge < -0.3 is 15.2 Å². The number of rotatable bonds is 5. The summed E-state index contributed by atoms with van der Waals surface area (Å²) < 4.78 is 5.53. The predicted octanol–water partition coefficient (Wildman–Crippen LogP) is 3.23. The predicted molar refractivity (Wildman–Crippen MR) is 87.3 cm³/mol. The topological polar surface area (TPSA) is 82.3 Å². The summed E-state index contributed by atoms with van der Waals surface area (Å²) in [7, 11) is 0. The molecule has 0 aliphatic rings. The number of nitriles is 1. The minimum atomic E-state index is -0.347. The van der Waals surface area contributed by atoms with Gasteiger partial charge in [0, 0.05) is 5.69 Å². The van der Waals surface area contributed by atoms with Crippen LogP contribution in [0.1, 0.15) is 18.1 Å². The SMILES string of the molecule is Cc1cc(NC(=O)C(C)COc2ccc(O)cc2)ccc1C#N. The first-order valence-electron chi connectivity index (χ1n) is 7.23. The Hall–Kier alpha value is -3.00. The number of phenols is 1. The van der Waals surface area contributed by atoms with Gasteiger partial charge in [-0.3, -0.25) is 4.79 Å². The molecule has 1 amide bonds. The number of nitrogens with zero attached hydrogens (tertiary/aromatic N) is 1. The van der Waals surface area contributed by atoms with E-state index in [0.717, 1.165) is 5.56 Å². The van der Waals surface area contributed by atoms with E-state index in [4.69, 9.17) is 10.00 Å². The number of amides is 1. The first-order chi connectivity index (χ1) is 11.0. The number of hydrogen-bond acceptors (Lipinski definition) is 4. The van der Waals surface area contributed by atoms with Crippen LogP contribution in [0.2, 0.25) is 0 Å². The lowest BCUT2D eigenvalue weighted by atomic mass is 10.1. The number of carbonyl (C=O) groups excluding carboxylic acids is 1. The standard InChI is InChI=1S/C18H18N2O3/c1-12-9-15(4-3-14(12)10-19)20-18(22)13(2)11-23-17-7-5-16(21)6-8-17/h3-9,13,21H,11H2,1-2H3,(H,20,22). The van der Waals surface area contributed by atoms with E-state index < -0.39 is 0 Å². The number of carbonyl (C=O) groups is 1. The van der Waals surface area contributed by atoms with Crippen LogP contribution in [-0.4, -0.2) is 17.6 Å². The van der Waals surface area contributed by atoms with Crippen LogP contribution in [0, 0.1) is 24.2 Å². The highest BCUT2D eigenvalue weighted by atomic mass is 16.5. The number of benzene rings is 2. The summed E-state index contributed by atoms with van der Waals surface area (Å²) in [5.74, 6) is 0.253. The van der Waals surface area contributed by atoms with Crippen molar-refractivity contribution in [2.75, 3.05) is 11.9 Å². The number of ether oxygens (including phenoxy) is 1. The Bertz CT molecular complexity index is 733. The molecule has 0 heterocycles. The quantitative estimate of drug-likeness (QED) is 0.888. The first-order valence-corrected chi connectivity index (χ1v) is 7.23. The molecule has 5 nitrogen and oxygen atoms in total. The van der Waals surface area contributed by atoms with E-state index in [9.17, 15) is 9.90 Å². The number of phenolic OH excluding ortho intramolecular Hbond substituents is 1. The minimum absolute atomic E-state index is 0.159. The van der Waals surface area contributed by atoms with Gasteiger partial charge in [0.25, 0.3) is 0 Å². The monoisotopic (exact) mass is 310 g/mol. The molecular weight excluding hydrogens is 292 g/mol. The van der Waals surface area contributed by atoms with Crippen molar-refractivity contribution >= 4 is 11.6 Å². The van der Waals surface area contributed by atoms with Crippen LogP contribution in [0.4, 0.5) is 5.69 Å². The van der Waals surface area contributed by atoms with Gasteiger partial charge in [-0.15, -0.1) is 0 Å². The normalized spacial score (nSPS) is 11.3. The fourth-order valence-corrected chi connectivity index (χ4v) is 1.97. The molecule has 23 heavy (non-hydrogen) atoms. The van der Waals surface area contributed by atoms with E-state index >= 15 is 0 Å². The summed E-state index contributed by atoms with van der Waals surface area (Å²) in [6.07, 6.45) is 0. The maximum atomic E-state index is 12.2. The molecule has 1 atom stereocenters. The average molecular weight is 310 g/mol. The van der Waals surface area contributed by atoms with Crippen molar-refractivity contribution in [1.29, 1.82) is 5.26 Å². The molecule has 0 aliphatic heterocycles. The van der Waals surface area contributed by atoms with Crippen molar-refractivity contribution in [1.82, 2.24) is 0 Å². The minimum Gasteiger partial charge on any atom is -0.508 e. The van der Waals surface area contributed by atoms with E-state index in [1.54, 1.807) is 37.3 Å². The Kier molecular flexibility index (Phi) is 5.21. The maximum Gasteiger partial charge on any atom is 0.230 e. The lowest BCUT2D eigenvalue weighted by molar-refractivity contribution is -0.120. The summed E-state index contributed by atoms with van der Waals surface area (Å²) in [5, 5.41) is 20.9. The molecular formula is C18H18N2O3. The van der Waals surface area contributed by atoms with Crippen LogP contribution >= 0.6 is 0 Å². The largest absolute Gasteiger partial charge is 0.508 e. The smallest absolute Gasteiger partial charge is 0.230 e. The summed E-state index contributed by atoms with van der Waals surface area (Å²) in [6.45, 7) is 3.82. The zero-order valence-corrected chi connectivity index (χ0v) is 13.0. The van der Waals surface area contributed by atoms with Gasteiger partial charge in [-0.25, -0.2) is 0 Å². The number of aryl methyl sites for hydroxylation is 1. The molecule has 118 valence electrons. The van der Waals surface area contributed by atoms with Crippen LogP contribution in [0.3, 0.4) is 0 Å². The zero-order valence-electron chi connectivity index (χ0n) is 13.0. The highest BCUT2D eigenvalue weighted by molar-refractivity contribution is 5.92. The molecule has 1 unspecified atom stereocenters. The van der Waals surface area contributed by atoms with Crippen molar-refractivity contribution in [3.8, 4) is 17.6 Å². The molecule has 2 aromatic carbocycles. The molecule has 0 radical (unpaired) electrons. The average Bonchev–Trinajstić information content (AvgIpc) is 2.54. The number of hydrogen-bond donors (Lipinski definition) is 2. The third-order valence-corrected chi connectivity index (χ3v) is 3.40. The van der Waals surface area contributed by atoms with Crippen molar-refractivity contribution in [2.45, 2.75) is 13.8 Å². The fourth-order valence-electron chi connectivity index (χ4n) is 1.97. The maximum absolute atomic E-state index is 12.2. The van der Waals surface area contributed by atoms with E-state index in [2.05, 4.69) is 11.4 Å². The van der Waals surface area contributed by atoms with Gasteiger partial charge in [0.1, 0.15) is 11.5 Å². The fraction of sp³-hybridized carbons (Fsp3) is 0.222. The van der Waals surface area contributed by atoms with Crippen molar-refractivity contribution in [3.63, 3.8) is 0 Å². The van der Waals surface area contributed by atoms with Crippen LogP contribution < -0.4 is 10.1 Å². The Balaban J connectivity index is 1.91. The molecule has 0 spiro atoms. The Morgan fingerprint density at radius 1 is 1.30 bits per heavy atom. The lowest BCUT2D eigenvalue weighted by Gasteiger charge is -2.14. The molecule has 0 bridgehead atoms. The third-order valence-electron chi connectivity index (χ3n) is 3.40. The number of nitrogens with one attached hydrogen (secondary N) is 1. The van der Waals surface area contributed by atoms with Gasteiger partial charge in [-0.1, -0.05) is 6.92 Å². The number of aromatic hydroxyl groups is 1. The molecule has 2 N–H and O–H groups in total. The van der Waals surface area contributed by atoms with Crippen molar-refractivity contribution in [3.05, 3.63) is 53.6 Å². The molecule has 2 rings (SSSR count). The van der Waals surface area contributed by atoms with Crippen LogP contribution in [0.5, 0.6) is 11.5 Å². The van der Waals surface area contributed by atoms with Crippen molar-refractivity contribution < 1.29 is 14.6 Å². The summed E-state index contributed by atoms with van der Waals surface area (Å²) in [5.41, 5.74) is 2.06. The van der Waals surface area contributed by atoms with E-state index in [0.29, 0.717) is 17.0 Å². The molecule has 5 heteroatoms. The van der Waals surface area contributed by atoms with Crippen LogP contribution in [0.25, 0.3) is 0 Å². The summed E-state index contributed by atoms with van der Waals surface area (Å²) in [4.78, 5) is 12.2. The van der Waals surface area contributed by atoms with E-state index in [1.165, 1.54) is 12.1 Å². The zero-order chi connectivity index (χ0) is 16.8. The molecule has 0 fully saturated rings.